The topological polar surface area (TPSA) is 128 Å². The lowest BCUT2D eigenvalue weighted by molar-refractivity contribution is -0.148. The Labute approximate surface area is 183 Å². The number of anilines is 1. The molecule has 2 saturated heterocycles. The number of hydrogen-bond acceptors (Lipinski definition) is 6. The molecule has 1 aromatic rings. The van der Waals surface area contributed by atoms with Gasteiger partial charge in [-0.2, -0.15) is 0 Å². The first-order valence-corrected chi connectivity index (χ1v) is 12.2. The maximum absolute atomic E-state index is 12.7. The van der Waals surface area contributed by atoms with Gasteiger partial charge in [-0.25, -0.2) is 13.6 Å². The van der Waals surface area contributed by atoms with Gasteiger partial charge in [0, 0.05) is 31.3 Å². The SMILES string of the molecule is CC(OCC1CCCCO1)C(=O)N1CCC(C(=O)Nc2ccc(S(N)(=O)=O)cc2)CC1. The summed E-state index contributed by atoms with van der Waals surface area (Å²) in [7, 11) is -3.77. The van der Waals surface area contributed by atoms with Gasteiger partial charge < -0.3 is 19.7 Å². The zero-order valence-corrected chi connectivity index (χ0v) is 18.6. The van der Waals surface area contributed by atoms with Crippen LogP contribution in [0.25, 0.3) is 0 Å². The van der Waals surface area contributed by atoms with Gasteiger partial charge >= 0.3 is 0 Å². The van der Waals surface area contributed by atoms with Crippen molar-refractivity contribution in [2.24, 2.45) is 11.1 Å². The Morgan fingerprint density at radius 3 is 2.45 bits per heavy atom. The molecule has 1 aromatic carbocycles. The average molecular weight is 454 g/mol. The van der Waals surface area contributed by atoms with Crippen LogP contribution in [-0.4, -0.2) is 63.6 Å². The third-order valence-electron chi connectivity index (χ3n) is 5.78. The van der Waals surface area contributed by atoms with E-state index < -0.39 is 16.1 Å². The highest BCUT2D eigenvalue weighted by Gasteiger charge is 2.30. The Bertz CT molecular complexity index is 860. The van der Waals surface area contributed by atoms with Gasteiger partial charge in [-0.3, -0.25) is 9.59 Å². The molecule has 9 nitrogen and oxygen atoms in total. The zero-order valence-electron chi connectivity index (χ0n) is 17.8. The number of piperidine rings is 1. The number of hydrogen-bond donors (Lipinski definition) is 2. The van der Waals surface area contributed by atoms with E-state index in [1.165, 1.54) is 24.3 Å². The summed E-state index contributed by atoms with van der Waals surface area (Å²) in [4.78, 5) is 26.9. The van der Waals surface area contributed by atoms with Gasteiger partial charge in [0.15, 0.2) is 0 Å². The molecule has 0 aliphatic carbocycles. The molecule has 0 radical (unpaired) electrons. The number of benzene rings is 1. The largest absolute Gasteiger partial charge is 0.376 e. The van der Waals surface area contributed by atoms with E-state index in [4.69, 9.17) is 14.6 Å². The third-order valence-corrected chi connectivity index (χ3v) is 6.71. The predicted molar refractivity (Wildman–Crippen MR) is 115 cm³/mol. The van der Waals surface area contributed by atoms with Crippen LogP contribution in [0.2, 0.25) is 0 Å². The van der Waals surface area contributed by atoms with Crippen molar-refractivity contribution in [1.82, 2.24) is 4.90 Å². The maximum atomic E-state index is 12.7. The van der Waals surface area contributed by atoms with E-state index in [0.29, 0.717) is 38.2 Å². The highest BCUT2D eigenvalue weighted by Crippen LogP contribution is 2.21. The molecule has 10 heteroatoms. The number of carbonyl (C=O) groups excluding carboxylic acids is 2. The molecule has 0 saturated carbocycles. The fourth-order valence-electron chi connectivity index (χ4n) is 3.85. The number of likely N-dealkylation sites (tertiary alicyclic amines) is 1. The maximum Gasteiger partial charge on any atom is 0.251 e. The van der Waals surface area contributed by atoms with Gasteiger partial charge in [0.1, 0.15) is 6.10 Å². The predicted octanol–water partition coefficient (Wildman–Crippen LogP) is 1.49. The van der Waals surface area contributed by atoms with E-state index in [2.05, 4.69) is 5.32 Å². The Kier molecular flexibility index (Phi) is 8.04. The van der Waals surface area contributed by atoms with Crippen molar-refractivity contribution in [2.45, 2.75) is 56.1 Å². The van der Waals surface area contributed by atoms with Gasteiger partial charge in [-0.15, -0.1) is 0 Å². The van der Waals surface area contributed by atoms with E-state index in [0.717, 1.165) is 25.9 Å². The summed E-state index contributed by atoms with van der Waals surface area (Å²) >= 11 is 0. The standard InChI is InChI=1S/C21H31N3O6S/c1-15(30-14-18-4-2-3-13-29-18)21(26)24-11-9-16(10-12-24)20(25)23-17-5-7-19(8-6-17)31(22,27)28/h5-8,15-16,18H,2-4,9-14H2,1H3,(H,23,25)(H2,22,27,28). The summed E-state index contributed by atoms with van der Waals surface area (Å²) < 4.78 is 34.0. The van der Waals surface area contributed by atoms with Crippen LogP contribution in [-0.2, 0) is 29.1 Å². The molecule has 0 bridgehead atoms. The van der Waals surface area contributed by atoms with E-state index in [9.17, 15) is 18.0 Å². The molecule has 2 atom stereocenters. The summed E-state index contributed by atoms with van der Waals surface area (Å²) in [5.74, 6) is -0.420. The fraction of sp³-hybridized carbons (Fsp3) is 0.619. The number of sulfonamides is 1. The number of ether oxygens (including phenoxy) is 2. The minimum absolute atomic E-state index is 0.0105. The van der Waals surface area contributed by atoms with Crippen LogP contribution in [0.4, 0.5) is 5.69 Å². The molecule has 3 rings (SSSR count). The van der Waals surface area contributed by atoms with Crippen molar-refractivity contribution in [2.75, 3.05) is 31.6 Å². The Morgan fingerprint density at radius 2 is 1.87 bits per heavy atom. The summed E-state index contributed by atoms with van der Waals surface area (Å²) in [6.45, 7) is 3.93. The lowest BCUT2D eigenvalue weighted by Crippen LogP contribution is -2.46. The molecule has 2 heterocycles. The van der Waals surface area contributed by atoms with Crippen LogP contribution >= 0.6 is 0 Å². The van der Waals surface area contributed by atoms with Gasteiger partial charge in [-0.05, 0) is 63.3 Å². The van der Waals surface area contributed by atoms with Crippen molar-refractivity contribution in [1.29, 1.82) is 0 Å². The normalized spacial score (nSPS) is 21.5. The van der Waals surface area contributed by atoms with Crippen molar-refractivity contribution in [3.05, 3.63) is 24.3 Å². The summed E-state index contributed by atoms with van der Waals surface area (Å²) in [6, 6.07) is 5.72. The molecule has 2 fully saturated rings. The van der Waals surface area contributed by atoms with E-state index in [1.807, 2.05) is 0 Å². The van der Waals surface area contributed by atoms with Crippen LogP contribution in [0, 0.1) is 5.92 Å². The van der Waals surface area contributed by atoms with Crippen molar-refractivity contribution in [3.63, 3.8) is 0 Å². The first-order valence-electron chi connectivity index (χ1n) is 10.7. The van der Waals surface area contributed by atoms with Crippen LogP contribution < -0.4 is 10.5 Å². The molecule has 0 aromatic heterocycles. The van der Waals surface area contributed by atoms with E-state index in [1.54, 1.807) is 11.8 Å². The minimum Gasteiger partial charge on any atom is -0.376 e. The van der Waals surface area contributed by atoms with Gasteiger partial charge in [0.05, 0.1) is 17.6 Å². The molecular weight excluding hydrogens is 422 g/mol. The second-order valence-electron chi connectivity index (χ2n) is 8.12. The van der Waals surface area contributed by atoms with Gasteiger partial charge in [0.2, 0.25) is 15.9 Å². The Morgan fingerprint density at radius 1 is 1.19 bits per heavy atom. The first kappa shape index (κ1) is 23.6. The average Bonchev–Trinajstić information content (AvgIpc) is 2.77. The quantitative estimate of drug-likeness (QED) is 0.644. The first-order chi connectivity index (χ1) is 14.7. The Balaban J connectivity index is 1.42. The van der Waals surface area contributed by atoms with Crippen LogP contribution in [0.15, 0.2) is 29.2 Å². The second kappa shape index (κ2) is 10.5. The smallest absolute Gasteiger partial charge is 0.251 e. The monoisotopic (exact) mass is 453 g/mol. The number of nitrogens with two attached hydrogens (primary N) is 1. The van der Waals surface area contributed by atoms with Crippen molar-refractivity contribution < 1.29 is 27.5 Å². The van der Waals surface area contributed by atoms with Gasteiger partial charge in [0.25, 0.3) is 5.91 Å². The highest BCUT2D eigenvalue weighted by atomic mass is 32.2. The number of nitrogens with zero attached hydrogens (tertiary/aromatic N) is 1. The number of rotatable bonds is 7. The molecular formula is C21H31N3O6S. The minimum atomic E-state index is -3.77. The molecule has 2 aliphatic rings. The highest BCUT2D eigenvalue weighted by molar-refractivity contribution is 7.89. The molecule has 0 spiro atoms. The fourth-order valence-corrected chi connectivity index (χ4v) is 4.37. The number of carbonyl (C=O) groups is 2. The molecule has 2 aliphatic heterocycles. The van der Waals surface area contributed by atoms with Crippen molar-refractivity contribution >= 4 is 27.5 Å². The second-order valence-corrected chi connectivity index (χ2v) is 9.68. The van der Waals surface area contributed by atoms with Crippen molar-refractivity contribution in [3.8, 4) is 0 Å². The molecule has 2 amide bonds. The number of amides is 2. The summed E-state index contributed by atoms with van der Waals surface area (Å²) in [5.41, 5.74) is 0.503. The number of nitrogens with one attached hydrogen (secondary N) is 1. The van der Waals surface area contributed by atoms with E-state index in [-0.39, 0.29) is 28.7 Å². The lowest BCUT2D eigenvalue weighted by atomic mass is 9.95. The third kappa shape index (κ3) is 6.73. The Hall–Kier alpha value is -2.01. The number of primary sulfonamides is 1. The van der Waals surface area contributed by atoms with Crippen LogP contribution in [0.3, 0.4) is 0 Å². The summed E-state index contributed by atoms with van der Waals surface area (Å²) in [6.07, 6.45) is 3.82. The molecule has 31 heavy (non-hydrogen) atoms. The molecule has 172 valence electrons. The van der Waals surface area contributed by atoms with Crippen LogP contribution in [0.1, 0.15) is 39.0 Å². The molecule has 2 unspecified atom stereocenters. The molecule has 3 N–H and O–H groups in total. The zero-order chi connectivity index (χ0) is 22.4. The lowest BCUT2D eigenvalue weighted by Gasteiger charge is -2.33. The van der Waals surface area contributed by atoms with Gasteiger partial charge in [-0.1, -0.05) is 0 Å². The summed E-state index contributed by atoms with van der Waals surface area (Å²) in [5, 5.41) is 7.88. The van der Waals surface area contributed by atoms with E-state index >= 15 is 0 Å². The van der Waals surface area contributed by atoms with Crippen LogP contribution in [0.5, 0.6) is 0 Å².